The number of rotatable bonds is 6. The first-order valence-electron chi connectivity index (χ1n) is 9.83. The number of sulfonamides is 1. The summed E-state index contributed by atoms with van der Waals surface area (Å²) in [4.78, 5) is 25.9. The van der Waals surface area contributed by atoms with Crippen molar-refractivity contribution < 1.29 is 27.5 Å². The van der Waals surface area contributed by atoms with Crippen LogP contribution in [0.3, 0.4) is 0 Å². The first-order chi connectivity index (χ1) is 14.8. The summed E-state index contributed by atoms with van der Waals surface area (Å²) in [6.45, 7) is 3.27. The minimum atomic E-state index is -3.70. The summed E-state index contributed by atoms with van der Waals surface area (Å²) in [5.74, 6) is -0.439. The molecule has 0 aromatic heterocycles. The summed E-state index contributed by atoms with van der Waals surface area (Å²) in [7, 11) is -2.11. The third-order valence-electron chi connectivity index (χ3n) is 4.76. The van der Waals surface area contributed by atoms with Gasteiger partial charge >= 0.3 is 6.09 Å². The Morgan fingerprint density at radius 1 is 1.13 bits per heavy atom. The van der Waals surface area contributed by atoms with E-state index >= 15 is 0 Å². The van der Waals surface area contributed by atoms with Gasteiger partial charge in [-0.25, -0.2) is 13.2 Å². The van der Waals surface area contributed by atoms with E-state index in [0.29, 0.717) is 24.6 Å². The van der Waals surface area contributed by atoms with Crippen LogP contribution in [0.15, 0.2) is 53.4 Å². The third-order valence-corrected chi connectivity index (χ3v) is 6.65. The second kappa shape index (κ2) is 9.90. The van der Waals surface area contributed by atoms with Crippen molar-refractivity contribution in [2.24, 2.45) is 0 Å². The number of carbonyl (C=O) groups excluding carboxylic acids is 2. The van der Waals surface area contributed by atoms with E-state index in [1.54, 1.807) is 50.4 Å². The predicted octanol–water partition coefficient (Wildman–Crippen LogP) is 2.55. The summed E-state index contributed by atoms with van der Waals surface area (Å²) >= 11 is 0. The molecule has 1 aliphatic heterocycles. The fourth-order valence-electron chi connectivity index (χ4n) is 3.03. The van der Waals surface area contributed by atoms with Crippen LogP contribution in [0, 0.1) is 0 Å². The summed E-state index contributed by atoms with van der Waals surface area (Å²) in [5, 5.41) is 2.73. The summed E-state index contributed by atoms with van der Waals surface area (Å²) < 4.78 is 37.2. The maximum absolute atomic E-state index is 12.8. The monoisotopic (exact) mass is 447 g/mol. The maximum Gasteiger partial charge on any atom is 0.413 e. The standard InChI is InChI=1S/C21H25N3O6S/c1-3-30-21(26)23(2)18-9-7-17(8-10-18)22-20(25)16-5-4-6-19(15-16)31(27,28)24-11-13-29-14-12-24/h4-10,15H,3,11-14H2,1-2H3,(H,22,25). The van der Waals surface area contributed by atoms with Crippen molar-refractivity contribution in [1.29, 1.82) is 0 Å². The number of benzene rings is 2. The molecule has 0 saturated carbocycles. The molecule has 0 unspecified atom stereocenters. The Kier molecular flexibility index (Phi) is 7.26. The van der Waals surface area contributed by atoms with Gasteiger partial charge in [0.2, 0.25) is 10.0 Å². The number of amides is 2. The van der Waals surface area contributed by atoms with E-state index in [0.717, 1.165) is 0 Å². The molecular formula is C21H25N3O6S. The third kappa shape index (κ3) is 5.40. The molecule has 0 aliphatic carbocycles. The number of hydrogen-bond acceptors (Lipinski definition) is 6. The van der Waals surface area contributed by atoms with Crippen molar-refractivity contribution >= 4 is 33.4 Å². The van der Waals surface area contributed by atoms with E-state index in [4.69, 9.17) is 9.47 Å². The van der Waals surface area contributed by atoms with Crippen molar-refractivity contribution in [3.05, 3.63) is 54.1 Å². The summed E-state index contributed by atoms with van der Waals surface area (Å²) in [6.07, 6.45) is -0.474. The lowest BCUT2D eigenvalue weighted by Gasteiger charge is -2.26. The highest BCUT2D eigenvalue weighted by Crippen LogP contribution is 2.21. The molecular weight excluding hydrogens is 422 g/mol. The van der Waals surface area contributed by atoms with Crippen molar-refractivity contribution in [3.8, 4) is 0 Å². The van der Waals surface area contributed by atoms with E-state index in [1.807, 2.05) is 0 Å². The van der Waals surface area contributed by atoms with Crippen LogP contribution in [0.4, 0.5) is 16.2 Å². The van der Waals surface area contributed by atoms with Gasteiger partial charge in [-0.1, -0.05) is 6.07 Å². The smallest absolute Gasteiger partial charge is 0.413 e. The molecule has 10 heteroatoms. The fourth-order valence-corrected chi connectivity index (χ4v) is 4.49. The SMILES string of the molecule is CCOC(=O)N(C)c1ccc(NC(=O)c2cccc(S(=O)(=O)N3CCOCC3)c2)cc1. The zero-order valence-corrected chi connectivity index (χ0v) is 18.2. The van der Waals surface area contributed by atoms with E-state index in [2.05, 4.69) is 5.32 Å². The summed E-state index contributed by atoms with van der Waals surface area (Å²) in [5.41, 5.74) is 1.34. The molecule has 0 spiro atoms. The lowest BCUT2D eigenvalue weighted by molar-refractivity contribution is 0.0730. The van der Waals surface area contributed by atoms with Crippen LogP contribution in [-0.4, -0.2) is 64.7 Å². The number of nitrogens with zero attached hydrogens (tertiary/aromatic N) is 2. The van der Waals surface area contributed by atoms with Crippen LogP contribution < -0.4 is 10.2 Å². The Bertz CT molecular complexity index is 1030. The Labute approximate surface area is 181 Å². The van der Waals surface area contributed by atoms with Crippen LogP contribution in [0.1, 0.15) is 17.3 Å². The van der Waals surface area contributed by atoms with Crippen molar-refractivity contribution in [1.82, 2.24) is 4.31 Å². The van der Waals surface area contributed by atoms with Gasteiger partial charge in [0.15, 0.2) is 0 Å². The van der Waals surface area contributed by atoms with Gasteiger partial charge in [-0.2, -0.15) is 4.31 Å². The molecule has 1 fully saturated rings. The van der Waals surface area contributed by atoms with Crippen LogP contribution in [0.5, 0.6) is 0 Å². The van der Waals surface area contributed by atoms with Gasteiger partial charge < -0.3 is 14.8 Å². The lowest BCUT2D eigenvalue weighted by atomic mass is 10.2. The number of carbonyl (C=O) groups is 2. The Morgan fingerprint density at radius 2 is 1.81 bits per heavy atom. The minimum absolute atomic E-state index is 0.0634. The Morgan fingerprint density at radius 3 is 2.45 bits per heavy atom. The predicted molar refractivity (Wildman–Crippen MR) is 116 cm³/mol. The summed E-state index contributed by atoms with van der Waals surface area (Å²) in [6, 6.07) is 12.6. The minimum Gasteiger partial charge on any atom is -0.449 e. The largest absolute Gasteiger partial charge is 0.449 e. The first kappa shape index (κ1) is 22.7. The molecule has 0 bridgehead atoms. The quantitative estimate of drug-likeness (QED) is 0.730. The van der Waals surface area contributed by atoms with Gasteiger partial charge in [-0.3, -0.25) is 9.69 Å². The fraction of sp³-hybridized carbons (Fsp3) is 0.333. The van der Waals surface area contributed by atoms with E-state index in [-0.39, 0.29) is 30.2 Å². The zero-order chi connectivity index (χ0) is 22.4. The number of morpholine rings is 1. The topological polar surface area (TPSA) is 105 Å². The first-order valence-corrected chi connectivity index (χ1v) is 11.3. The van der Waals surface area contributed by atoms with Crippen LogP contribution in [0.25, 0.3) is 0 Å². The zero-order valence-electron chi connectivity index (χ0n) is 17.4. The van der Waals surface area contributed by atoms with Gasteiger partial charge in [-0.05, 0) is 49.4 Å². The van der Waals surface area contributed by atoms with Gasteiger partial charge in [0.25, 0.3) is 5.91 Å². The average molecular weight is 448 g/mol. The van der Waals surface area contributed by atoms with E-state index in [1.165, 1.54) is 21.3 Å². The molecule has 1 aliphatic rings. The van der Waals surface area contributed by atoms with Crippen molar-refractivity contribution in [3.63, 3.8) is 0 Å². The van der Waals surface area contributed by atoms with Crippen LogP contribution >= 0.6 is 0 Å². The molecule has 166 valence electrons. The highest BCUT2D eigenvalue weighted by Gasteiger charge is 2.26. The van der Waals surface area contributed by atoms with Crippen molar-refractivity contribution in [2.45, 2.75) is 11.8 Å². The molecule has 9 nitrogen and oxygen atoms in total. The normalized spacial score (nSPS) is 14.6. The second-order valence-electron chi connectivity index (χ2n) is 6.80. The van der Waals surface area contributed by atoms with E-state index < -0.39 is 22.0 Å². The molecule has 2 amide bonds. The molecule has 1 heterocycles. The molecule has 2 aromatic rings. The maximum atomic E-state index is 12.8. The molecule has 2 aromatic carbocycles. The van der Waals surface area contributed by atoms with Gasteiger partial charge in [0.05, 0.1) is 24.7 Å². The van der Waals surface area contributed by atoms with E-state index in [9.17, 15) is 18.0 Å². The average Bonchev–Trinajstić information content (AvgIpc) is 2.80. The highest BCUT2D eigenvalue weighted by atomic mass is 32.2. The highest BCUT2D eigenvalue weighted by molar-refractivity contribution is 7.89. The number of ether oxygens (including phenoxy) is 2. The van der Waals surface area contributed by atoms with Gasteiger partial charge in [0.1, 0.15) is 0 Å². The van der Waals surface area contributed by atoms with Crippen molar-refractivity contribution in [2.75, 3.05) is 50.2 Å². The molecule has 31 heavy (non-hydrogen) atoms. The molecule has 3 rings (SSSR count). The van der Waals surface area contributed by atoms with Crippen LogP contribution in [-0.2, 0) is 19.5 Å². The molecule has 0 atom stereocenters. The van der Waals surface area contributed by atoms with Gasteiger partial charge in [-0.15, -0.1) is 0 Å². The molecule has 1 N–H and O–H groups in total. The number of anilines is 2. The Balaban J connectivity index is 1.71. The Hall–Kier alpha value is -2.95. The molecule has 0 radical (unpaired) electrons. The lowest BCUT2D eigenvalue weighted by Crippen LogP contribution is -2.40. The molecule has 1 saturated heterocycles. The number of nitrogens with one attached hydrogen (secondary N) is 1. The second-order valence-corrected chi connectivity index (χ2v) is 8.74. The van der Waals surface area contributed by atoms with Crippen LogP contribution in [0.2, 0.25) is 0 Å². The number of hydrogen-bond donors (Lipinski definition) is 1. The van der Waals surface area contributed by atoms with Gasteiger partial charge in [0, 0.05) is 37.1 Å².